The molecule has 0 amide bonds. The first kappa shape index (κ1) is 10.1. The smallest absolute Gasteiger partial charge is 0.0364 e. The molecule has 2 heteroatoms. The summed E-state index contributed by atoms with van der Waals surface area (Å²) in [5, 5.41) is 0. The molecule has 2 nitrogen and oxygen atoms in total. The van der Waals surface area contributed by atoms with E-state index in [9.17, 15) is 0 Å². The summed E-state index contributed by atoms with van der Waals surface area (Å²) in [6.45, 7) is 4.93. The van der Waals surface area contributed by atoms with Gasteiger partial charge in [0.05, 0.1) is 0 Å². The fraction of sp³-hybridized carbons (Fsp3) is 0.455. The average Bonchev–Trinajstić information content (AvgIpc) is 2.03. The van der Waals surface area contributed by atoms with Crippen LogP contribution in [0.25, 0.3) is 0 Å². The Hall–Kier alpha value is -1.02. The molecule has 0 heterocycles. The maximum atomic E-state index is 5.93. The first-order chi connectivity index (χ1) is 5.99. The molecule has 13 heavy (non-hydrogen) atoms. The first-order valence-corrected chi connectivity index (χ1v) is 4.54. The van der Waals surface area contributed by atoms with Crippen molar-refractivity contribution < 1.29 is 0 Å². The zero-order valence-electron chi connectivity index (χ0n) is 8.62. The molecule has 0 aliphatic heterocycles. The molecular weight excluding hydrogens is 160 g/mol. The lowest BCUT2D eigenvalue weighted by Gasteiger charge is -2.28. The van der Waals surface area contributed by atoms with Crippen molar-refractivity contribution in [3.63, 3.8) is 0 Å². The molecular formula is C11H18N2. The topological polar surface area (TPSA) is 29.3 Å². The van der Waals surface area contributed by atoms with Crippen molar-refractivity contribution in [3.8, 4) is 0 Å². The molecule has 0 atom stereocenters. The van der Waals surface area contributed by atoms with E-state index in [1.54, 1.807) is 0 Å². The first-order valence-electron chi connectivity index (χ1n) is 4.54. The van der Waals surface area contributed by atoms with E-state index in [2.05, 4.69) is 24.1 Å². The third-order valence-electron chi connectivity index (χ3n) is 1.84. The predicted octanol–water partition coefficient (Wildman–Crippen LogP) is 1.86. The Kier molecular flexibility index (Phi) is 2.94. The molecule has 0 radical (unpaired) electrons. The summed E-state index contributed by atoms with van der Waals surface area (Å²) in [4.78, 5) is 2.17. The van der Waals surface area contributed by atoms with E-state index < -0.39 is 0 Å². The Morgan fingerprint density at radius 2 is 1.77 bits per heavy atom. The van der Waals surface area contributed by atoms with Gasteiger partial charge in [0, 0.05) is 24.8 Å². The van der Waals surface area contributed by atoms with Gasteiger partial charge in [-0.1, -0.05) is 18.2 Å². The van der Waals surface area contributed by atoms with Gasteiger partial charge in [0.1, 0.15) is 0 Å². The van der Waals surface area contributed by atoms with Crippen molar-refractivity contribution in [2.24, 2.45) is 5.73 Å². The van der Waals surface area contributed by atoms with Gasteiger partial charge in [-0.05, 0) is 26.0 Å². The summed E-state index contributed by atoms with van der Waals surface area (Å²) in [5.41, 5.74) is 6.99. The molecule has 0 aromatic heterocycles. The number of likely N-dealkylation sites (N-methyl/N-ethyl adjacent to an activating group) is 1. The second-order valence-corrected chi connectivity index (χ2v) is 4.18. The summed E-state index contributed by atoms with van der Waals surface area (Å²) < 4.78 is 0. The Morgan fingerprint density at radius 3 is 2.23 bits per heavy atom. The number of anilines is 1. The summed E-state index contributed by atoms with van der Waals surface area (Å²) in [5.74, 6) is 0. The highest BCUT2D eigenvalue weighted by atomic mass is 15.1. The number of hydrogen-bond acceptors (Lipinski definition) is 2. The minimum atomic E-state index is -0.148. The summed E-state index contributed by atoms with van der Waals surface area (Å²) in [6.07, 6.45) is 0. The molecule has 0 aliphatic carbocycles. The monoisotopic (exact) mass is 178 g/mol. The van der Waals surface area contributed by atoms with E-state index in [4.69, 9.17) is 5.73 Å². The SMILES string of the molecule is CN(CC(C)(C)N)c1ccccc1. The third-order valence-corrected chi connectivity index (χ3v) is 1.84. The van der Waals surface area contributed by atoms with Crippen molar-refractivity contribution in [1.82, 2.24) is 0 Å². The highest BCUT2D eigenvalue weighted by Gasteiger charge is 2.13. The van der Waals surface area contributed by atoms with Crippen molar-refractivity contribution in [1.29, 1.82) is 0 Å². The zero-order valence-corrected chi connectivity index (χ0v) is 8.62. The standard InChI is InChI=1S/C11H18N2/c1-11(2,12)9-13(3)10-7-5-4-6-8-10/h4-8H,9,12H2,1-3H3. The van der Waals surface area contributed by atoms with Crippen molar-refractivity contribution in [3.05, 3.63) is 30.3 Å². The summed E-state index contributed by atoms with van der Waals surface area (Å²) in [7, 11) is 2.06. The number of rotatable bonds is 3. The van der Waals surface area contributed by atoms with Crippen LogP contribution in [0.2, 0.25) is 0 Å². The second kappa shape index (κ2) is 3.79. The molecule has 1 rings (SSSR count). The van der Waals surface area contributed by atoms with Gasteiger partial charge < -0.3 is 10.6 Å². The normalized spacial score (nSPS) is 11.4. The Bertz CT molecular complexity index is 249. The van der Waals surface area contributed by atoms with Crippen molar-refractivity contribution in [2.45, 2.75) is 19.4 Å². The molecule has 0 aliphatic rings. The quantitative estimate of drug-likeness (QED) is 0.765. The van der Waals surface area contributed by atoms with Gasteiger partial charge in [0.15, 0.2) is 0 Å². The maximum Gasteiger partial charge on any atom is 0.0364 e. The number of para-hydroxylation sites is 1. The molecule has 0 bridgehead atoms. The number of hydrogen-bond donors (Lipinski definition) is 1. The molecule has 0 fully saturated rings. The number of benzene rings is 1. The fourth-order valence-electron chi connectivity index (χ4n) is 1.39. The van der Waals surface area contributed by atoms with Crippen LogP contribution >= 0.6 is 0 Å². The van der Waals surface area contributed by atoms with Gasteiger partial charge in [0.25, 0.3) is 0 Å². The van der Waals surface area contributed by atoms with Crippen LogP contribution in [0.4, 0.5) is 5.69 Å². The van der Waals surface area contributed by atoms with Gasteiger partial charge in [-0.2, -0.15) is 0 Å². The Morgan fingerprint density at radius 1 is 1.23 bits per heavy atom. The lowest BCUT2D eigenvalue weighted by molar-refractivity contribution is 0.519. The van der Waals surface area contributed by atoms with Gasteiger partial charge in [-0.3, -0.25) is 0 Å². The van der Waals surface area contributed by atoms with E-state index in [0.717, 1.165) is 6.54 Å². The molecule has 0 saturated carbocycles. The minimum absolute atomic E-state index is 0.148. The lowest BCUT2D eigenvalue weighted by Crippen LogP contribution is -2.43. The van der Waals surface area contributed by atoms with E-state index in [-0.39, 0.29) is 5.54 Å². The van der Waals surface area contributed by atoms with Crippen LogP contribution in [0.15, 0.2) is 30.3 Å². The lowest BCUT2D eigenvalue weighted by atomic mass is 10.1. The third kappa shape index (κ3) is 3.47. The summed E-state index contributed by atoms with van der Waals surface area (Å²) >= 11 is 0. The average molecular weight is 178 g/mol. The minimum Gasteiger partial charge on any atom is -0.373 e. The highest BCUT2D eigenvalue weighted by molar-refractivity contribution is 5.45. The van der Waals surface area contributed by atoms with Crippen molar-refractivity contribution >= 4 is 5.69 Å². The van der Waals surface area contributed by atoms with Crippen molar-refractivity contribution in [2.75, 3.05) is 18.5 Å². The van der Waals surface area contributed by atoms with Crippen LogP contribution in [-0.4, -0.2) is 19.1 Å². The number of nitrogens with two attached hydrogens (primary N) is 1. The van der Waals surface area contributed by atoms with E-state index >= 15 is 0 Å². The van der Waals surface area contributed by atoms with Crippen LogP contribution in [-0.2, 0) is 0 Å². The number of nitrogens with zero attached hydrogens (tertiary/aromatic N) is 1. The van der Waals surface area contributed by atoms with Crippen LogP contribution in [0.3, 0.4) is 0 Å². The Balaban J connectivity index is 2.64. The Labute approximate surface area is 80.4 Å². The van der Waals surface area contributed by atoms with E-state index in [1.165, 1.54) is 5.69 Å². The molecule has 72 valence electrons. The van der Waals surface area contributed by atoms with Gasteiger partial charge >= 0.3 is 0 Å². The molecule has 1 aromatic carbocycles. The molecule has 0 spiro atoms. The van der Waals surface area contributed by atoms with Crippen LogP contribution in [0, 0.1) is 0 Å². The van der Waals surface area contributed by atoms with Gasteiger partial charge in [0.2, 0.25) is 0 Å². The molecule has 2 N–H and O–H groups in total. The van der Waals surface area contributed by atoms with Gasteiger partial charge in [-0.25, -0.2) is 0 Å². The highest BCUT2D eigenvalue weighted by Crippen LogP contribution is 2.13. The molecule has 0 unspecified atom stereocenters. The fourth-order valence-corrected chi connectivity index (χ4v) is 1.39. The largest absolute Gasteiger partial charge is 0.373 e. The predicted molar refractivity (Wildman–Crippen MR) is 58.0 cm³/mol. The molecule has 0 saturated heterocycles. The van der Waals surface area contributed by atoms with E-state index in [0.29, 0.717) is 0 Å². The summed E-state index contributed by atoms with van der Waals surface area (Å²) in [6, 6.07) is 10.3. The van der Waals surface area contributed by atoms with E-state index in [1.807, 2.05) is 32.0 Å². The second-order valence-electron chi connectivity index (χ2n) is 4.18. The van der Waals surface area contributed by atoms with Crippen LogP contribution in [0.5, 0.6) is 0 Å². The zero-order chi connectivity index (χ0) is 9.90. The van der Waals surface area contributed by atoms with Gasteiger partial charge in [-0.15, -0.1) is 0 Å². The molecule has 1 aromatic rings. The maximum absolute atomic E-state index is 5.93. The van der Waals surface area contributed by atoms with Crippen LogP contribution < -0.4 is 10.6 Å². The van der Waals surface area contributed by atoms with Crippen LogP contribution in [0.1, 0.15) is 13.8 Å².